The zero-order chi connectivity index (χ0) is 19.5. The van der Waals surface area contributed by atoms with Gasteiger partial charge >= 0.3 is 0 Å². The number of nitrogens with zero attached hydrogens (tertiary/aromatic N) is 2. The molecule has 0 N–H and O–H groups in total. The number of benzene rings is 2. The highest BCUT2D eigenvalue weighted by Crippen LogP contribution is 2.30. The molecule has 0 radical (unpaired) electrons. The maximum atomic E-state index is 13.2. The van der Waals surface area contributed by atoms with Crippen molar-refractivity contribution in [3.05, 3.63) is 42.0 Å². The van der Waals surface area contributed by atoms with E-state index in [0.29, 0.717) is 37.6 Å². The summed E-state index contributed by atoms with van der Waals surface area (Å²) in [6.07, 6.45) is 5.63. The lowest BCUT2D eigenvalue weighted by atomic mass is 9.88. The molecule has 1 saturated carbocycles. The SMILES string of the molecule is COc1ccc(C(=O)N2CCN(C(=O)C3CCCCC3)CC2)c2ccccc12. The number of hydrogen-bond acceptors (Lipinski definition) is 3. The van der Waals surface area contributed by atoms with Crippen LogP contribution in [0.1, 0.15) is 42.5 Å². The summed E-state index contributed by atoms with van der Waals surface area (Å²) < 4.78 is 5.44. The summed E-state index contributed by atoms with van der Waals surface area (Å²) in [6.45, 7) is 2.46. The van der Waals surface area contributed by atoms with Crippen LogP contribution in [0.15, 0.2) is 36.4 Å². The Hall–Kier alpha value is -2.56. The Kier molecular flexibility index (Phi) is 5.51. The van der Waals surface area contributed by atoms with Crippen LogP contribution < -0.4 is 4.74 Å². The van der Waals surface area contributed by atoms with Crippen LogP contribution in [0.4, 0.5) is 0 Å². The first-order valence-corrected chi connectivity index (χ1v) is 10.3. The Balaban J connectivity index is 1.46. The molecule has 0 aromatic heterocycles. The van der Waals surface area contributed by atoms with Crippen LogP contribution in [0.5, 0.6) is 5.75 Å². The summed E-state index contributed by atoms with van der Waals surface area (Å²) in [7, 11) is 1.64. The summed E-state index contributed by atoms with van der Waals surface area (Å²) in [6, 6.07) is 11.6. The Morgan fingerprint density at radius 1 is 0.857 bits per heavy atom. The third kappa shape index (κ3) is 3.58. The summed E-state index contributed by atoms with van der Waals surface area (Å²) in [5.74, 6) is 1.29. The molecule has 5 heteroatoms. The van der Waals surface area contributed by atoms with Crippen molar-refractivity contribution in [2.24, 2.45) is 5.92 Å². The van der Waals surface area contributed by atoms with Gasteiger partial charge in [-0.05, 0) is 30.4 Å². The van der Waals surface area contributed by atoms with Crippen molar-refractivity contribution >= 4 is 22.6 Å². The second-order valence-corrected chi connectivity index (χ2v) is 7.81. The third-order valence-corrected chi connectivity index (χ3v) is 6.17. The molecule has 2 aromatic carbocycles. The van der Waals surface area contributed by atoms with Crippen molar-refractivity contribution in [2.75, 3.05) is 33.3 Å². The number of carbonyl (C=O) groups is 2. The van der Waals surface area contributed by atoms with E-state index >= 15 is 0 Å². The fourth-order valence-electron chi connectivity index (χ4n) is 4.54. The van der Waals surface area contributed by atoms with Crippen LogP contribution >= 0.6 is 0 Å². The fourth-order valence-corrected chi connectivity index (χ4v) is 4.54. The van der Waals surface area contributed by atoms with E-state index in [1.54, 1.807) is 7.11 Å². The second kappa shape index (κ2) is 8.21. The second-order valence-electron chi connectivity index (χ2n) is 7.81. The van der Waals surface area contributed by atoms with Gasteiger partial charge in [0.1, 0.15) is 5.75 Å². The van der Waals surface area contributed by atoms with Crippen LogP contribution in [-0.2, 0) is 4.79 Å². The number of rotatable bonds is 3. The highest BCUT2D eigenvalue weighted by molar-refractivity contribution is 6.08. The molecule has 2 fully saturated rings. The number of hydrogen-bond donors (Lipinski definition) is 0. The van der Waals surface area contributed by atoms with Crippen molar-refractivity contribution in [1.82, 2.24) is 9.80 Å². The Morgan fingerprint density at radius 2 is 1.50 bits per heavy atom. The standard InChI is InChI=1S/C23H28N2O3/c1-28-21-12-11-20(18-9-5-6-10-19(18)21)23(27)25-15-13-24(14-16-25)22(26)17-7-3-2-4-8-17/h5-6,9-12,17H,2-4,7-8,13-16H2,1H3. The van der Waals surface area contributed by atoms with E-state index in [0.717, 1.165) is 29.4 Å². The number of ether oxygens (including phenoxy) is 1. The molecule has 2 aromatic rings. The molecular formula is C23H28N2O3. The lowest BCUT2D eigenvalue weighted by molar-refractivity contribution is -0.138. The van der Waals surface area contributed by atoms with E-state index in [4.69, 9.17) is 4.74 Å². The van der Waals surface area contributed by atoms with Crippen molar-refractivity contribution in [2.45, 2.75) is 32.1 Å². The number of methoxy groups -OCH3 is 1. The molecule has 0 bridgehead atoms. The van der Waals surface area contributed by atoms with Crippen LogP contribution in [-0.4, -0.2) is 54.9 Å². The topological polar surface area (TPSA) is 49.9 Å². The van der Waals surface area contributed by atoms with Gasteiger partial charge in [0.15, 0.2) is 0 Å². The maximum absolute atomic E-state index is 13.2. The Bertz CT molecular complexity index is 865. The van der Waals surface area contributed by atoms with Gasteiger partial charge in [0.05, 0.1) is 7.11 Å². The molecule has 5 nitrogen and oxygen atoms in total. The zero-order valence-electron chi connectivity index (χ0n) is 16.5. The van der Waals surface area contributed by atoms with E-state index in [1.165, 1.54) is 19.3 Å². The first-order chi connectivity index (χ1) is 13.7. The van der Waals surface area contributed by atoms with E-state index in [9.17, 15) is 9.59 Å². The average molecular weight is 380 g/mol. The van der Waals surface area contributed by atoms with Crippen molar-refractivity contribution in [1.29, 1.82) is 0 Å². The van der Waals surface area contributed by atoms with Crippen LogP contribution in [0.25, 0.3) is 10.8 Å². The number of amides is 2. The van der Waals surface area contributed by atoms with Gasteiger partial charge in [-0.25, -0.2) is 0 Å². The van der Waals surface area contributed by atoms with Crippen molar-refractivity contribution in [3.8, 4) is 5.75 Å². The largest absolute Gasteiger partial charge is 0.496 e. The minimum absolute atomic E-state index is 0.0311. The first kappa shape index (κ1) is 18.8. The fraction of sp³-hybridized carbons (Fsp3) is 0.478. The molecule has 2 aliphatic rings. The predicted molar refractivity (Wildman–Crippen MR) is 110 cm³/mol. The molecule has 2 amide bonds. The molecule has 1 saturated heterocycles. The van der Waals surface area contributed by atoms with Crippen molar-refractivity contribution < 1.29 is 14.3 Å². The zero-order valence-corrected chi connectivity index (χ0v) is 16.5. The van der Waals surface area contributed by atoms with Gasteiger partial charge in [0.2, 0.25) is 5.91 Å². The van der Waals surface area contributed by atoms with Crippen LogP contribution in [0.2, 0.25) is 0 Å². The number of carbonyl (C=O) groups excluding carboxylic acids is 2. The van der Waals surface area contributed by atoms with E-state index in [2.05, 4.69) is 0 Å². The highest BCUT2D eigenvalue weighted by Gasteiger charge is 2.30. The molecule has 0 unspecified atom stereocenters. The highest BCUT2D eigenvalue weighted by atomic mass is 16.5. The van der Waals surface area contributed by atoms with Crippen LogP contribution in [0, 0.1) is 5.92 Å². The summed E-state index contributed by atoms with van der Waals surface area (Å²) in [4.78, 5) is 29.8. The normalized spacial score (nSPS) is 18.3. The Morgan fingerprint density at radius 3 is 2.18 bits per heavy atom. The minimum atomic E-state index is 0.0311. The lowest BCUT2D eigenvalue weighted by Gasteiger charge is -2.37. The van der Waals surface area contributed by atoms with E-state index < -0.39 is 0 Å². The number of fused-ring (bicyclic) bond motifs is 1. The van der Waals surface area contributed by atoms with Gasteiger partial charge in [-0.2, -0.15) is 0 Å². The molecule has 148 valence electrons. The first-order valence-electron chi connectivity index (χ1n) is 10.3. The van der Waals surface area contributed by atoms with Gasteiger partial charge in [-0.1, -0.05) is 43.5 Å². The Labute approximate surface area is 166 Å². The molecule has 1 heterocycles. The quantitative estimate of drug-likeness (QED) is 0.816. The monoisotopic (exact) mass is 380 g/mol. The summed E-state index contributed by atoms with van der Waals surface area (Å²) in [5, 5.41) is 1.86. The molecule has 0 atom stereocenters. The van der Waals surface area contributed by atoms with E-state index in [1.807, 2.05) is 46.2 Å². The summed E-state index contributed by atoms with van der Waals surface area (Å²) >= 11 is 0. The van der Waals surface area contributed by atoms with Gasteiger partial charge in [0.25, 0.3) is 5.91 Å². The molecule has 1 aliphatic carbocycles. The molecule has 0 spiro atoms. The maximum Gasteiger partial charge on any atom is 0.254 e. The van der Waals surface area contributed by atoms with Gasteiger partial charge in [-0.3, -0.25) is 9.59 Å². The molecular weight excluding hydrogens is 352 g/mol. The number of piperazine rings is 1. The average Bonchev–Trinajstić information content (AvgIpc) is 2.78. The minimum Gasteiger partial charge on any atom is -0.496 e. The third-order valence-electron chi connectivity index (χ3n) is 6.17. The molecule has 28 heavy (non-hydrogen) atoms. The van der Waals surface area contributed by atoms with Crippen LogP contribution in [0.3, 0.4) is 0 Å². The smallest absolute Gasteiger partial charge is 0.254 e. The van der Waals surface area contributed by atoms with Crippen molar-refractivity contribution in [3.63, 3.8) is 0 Å². The van der Waals surface area contributed by atoms with E-state index in [-0.39, 0.29) is 11.8 Å². The van der Waals surface area contributed by atoms with Gasteiger partial charge < -0.3 is 14.5 Å². The molecule has 1 aliphatic heterocycles. The van der Waals surface area contributed by atoms with Gasteiger partial charge in [-0.15, -0.1) is 0 Å². The molecule has 4 rings (SSSR count). The summed E-state index contributed by atoms with van der Waals surface area (Å²) in [5.41, 5.74) is 0.698. The lowest BCUT2D eigenvalue weighted by Crippen LogP contribution is -2.52. The van der Waals surface area contributed by atoms with Gasteiger partial charge in [0, 0.05) is 43.0 Å². The predicted octanol–water partition coefficient (Wildman–Crippen LogP) is 3.71.